The number of fused-ring (bicyclic) bond motifs is 1. The Balaban J connectivity index is 0.000000550. The van der Waals surface area contributed by atoms with Crippen LogP contribution >= 0.6 is 0 Å². The van der Waals surface area contributed by atoms with Gasteiger partial charge in [-0.3, -0.25) is 5.43 Å². The third-order valence-electron chi connectivity index (χ3n) is 3.61. The summed E-state index contributed by atoms with van der Waals surface area (Å²) in [6, 6.07) is 0. The third-order valence-corrected chi connectivity index (χ3v) is 3.61. The van der Waals surface area contributed by atoms with Gasteiger partial charge in [0.1, 0.15) is 0 Å². The number of nitrogens with one attached hydrogen (secondary N) is 1. The molecule has 1 saturated carbocycles. The van der Waals surface area contributed by atoms with Gasteiger partial charge in [-0.05, 0) is 43.6 Å². The lowest BCUT2D eigenvalue weighted by Crippen LogP contribution is -2.27. The zero-order valence-electron chi connectivity index (χ0n) is 12.9. The van der Waals surface area contributed by atoms with Crippen LogP contribution in [0.4, 0.5) is 0 Å². The molecule has 0 bridgehead atoms. The van der Waals surface area contributed by atoms with E-state index in [9.17, 15) is 5.11 Å². The van der Waals surface area contributed by atoms with E-state index in [1.807, 2.05) is 6.21 Å². The number of aliphatic hydroxyl groups excluding tert-OH is 1. The van der Waals surface area contributed by atoms with Crippen molar-refractivity contribution in [2.75, 3.05) is 0 Å². The molecule has 0 spiro atoms. The number of hydrogen-bond donors (Lipinski definition) is 2. The monoisotopic (exact) mass is 266 g/mol. The smallest absolute Gasteiger partial charge is 0.0543 e. The SMILES string of the molecule is CC(C)C1=C2CCC(O)CCCC2C=NN1.CCC. The second-order valence-electron chi connectivity index (χ2n) is 5.92. The van der Waals surface area contributed by atoms with Crippen LogP contribution in [-0.4, -0.2) is 17.4 Å². The molecule has 3 nitrogen and oxygen atoms in total. The van der Waals surface area contributed by atoms with Crippen molar-refractivity contribution in [3.63, 3.8) is 0 Å². The van der Waals surface area contributed by atoms with Crippen molar-refractivity contribution < 1.29 is 5.11 Å². The lowest BCUT2D eigenvalue weighted by atomic mass is 9.83. The van der Waals surface area contributed by atoms with Gasteiger partial charge in [-0.1, -0.05) is 34.1 Å². The summed E-state index contributed by atoms with van der Waals surface area (Å²) in [6.45, 7) is 8.64. The molecule has 3 heteroatoms. The number of aliphatic hydroxyl groups is 1. The summed E-state index contributed by atoms with van der Waals surface area (Å²) in [5.41, 5.74) is 5.90. The minimum Gasteiger partial charge on any atom is -0.393 e. The molecule has 1 heterocycles. The van der Waals surface area contributed by atoms with E-state index in [4.69, 9.17) is 0 Å². The highest BCUT2D eigenvalue weighted by atomic mass is 16.3. The summed E-state index contributed by atoms with van der Waals surface area (Å²) < 4.78 is 0. The molecule has 0 aromatic carbocycles. The standard InChI is InChI=1S/C13H22N2O.C3H8/c1-9(2)13-12-7-6-11(16)5-3-4-10(12)8-14-15-13;1-3-2/h8-11,15-16H,3-7H2,1-2H3;3H2,1-2H3. The maximum atomic E-state index is 9.75. The van der Waals surface area contributed by atoms with Crippen LogP contribution in [0.1, 0.15) is 66.2 Å². The fraction of sp³-hybridized carbons (Fsp3) is 0.812. The van der Waals surface area contributed by atoms with Crippen LogP contribution in [0, 0.1) is 11.8 Å². The Morgan fingerprint density at radius 1 is 1.32 bits per heavy atom. The minimum atomic E-state index is -0.110. The van der Waals surface area contributed by atoms with Crippen LogP contribution in [0.2, 0.25) is 0 Å². The number of rotatable bonds is 1. The van der Waals surface area contributed by atoms with E-state index in [-0.39, 0.29) is 6.10 Å². The molecule has 1 aliphatic heterocycles. The molecule has 1 fully saturated rings. The van der Waals surface area contributed by atoms with Gasteiger partial charge in [0.2, 0.25) is 0 Å². The fourth-order valence-electron chi connectivity index (χ4n) is 2.67. The van der Waals surface area contributed by atoms with Gasteiger partial charge in [-0.15, -0.1) is 0 Å². The first-order valence-corrected chi connectivity index (χ1v) is 7.80. The first kappa shape index (κ1) is 16.2. The summed E-state index contributed by atoms with van der Waals surface area (Å²) in [7, 11) is 0. The molecule has 2 N–H and O–H groups in total. The van der Waals surface area contributed by atoms with Gasteiger partial charge in [-0.2, -0.15) is 5.10 Å². The zero-order chi connectivity index (χ0) is 14.3. The van der Waals surface area contributed by atoms with Crippen molar-refractivity contribution in [1.82, 2.24) is 5.43 Å². The Hall–Kier alpha value is -0.830. The molecule has 0 radical (unpaired) electrons. The maximum absolute atomic E-state index is 9.75. The molecule has 19 heavy (non-hydrogen) atoms. The minimum absolute atomic E-state index is 0.110. The van der Waals surface area contributed by atoms with E-state index in [0.717, 1.165) is 32.1 Å². The first-order chi connectivity index (χ1) is 9.10. The Morgan fingerprint density at radius 2 is 2.00 bits per heavy atom. The molecular formula is C16H30N2O. The van der Waals surface area contributed by atoms with E-state index >= 15 is 0 Å². The highest BCUT2D eigenvalue weighted by Crippen LogP contribution is 2.32. The molecule has 2 unspecified atom stereocenters. The average Bonchev–Trinajstić information content (AvgIpc) is 2.35. The van der Waals surface area contributed by atoms with Gasteiger partial charge in [0.05, 0.1) is 6.10 Å². The predicted octanol–water partition coefficient (Wildman–Crippen LogP) is 3.84. The van der Waals surface area contributed by atoms with Gasteiger partial charge < -0.3 is 5.11 Å². The predicted molar refractivity (Wildman–Crippen MR) is 82.0 cm³/mol. The summed E-state index contributed by atoms with van der Waals surface area (Å²) in [5, 5.41) is 14.0. The van der Waals surface area contributed by atoms with Crippen LogP contribution in [0.3, 0.4) is 0 Å². The summed E-state index contributed by atoms with van der Waals surface area (Å²) in [5.74, 6) is 0.998. The summed E-state index contributed by atoms with van der Waals surface area (Å²) >= 11 is 0. The van der Waals surface area contributed by atoms with Crippen LogP contribution in [0.25, 0.3) is 0 Å². The Kier molecular flexibility index (Phi) is 7.14. The molecule has 0 aromatic rings. The quantitative estimate of drug-likeness (QED) is 0.757. The zero-order valence-corrected chi connectivity index (χ0v) is 12.9. The molecule has 0 aromatic heterocycles. The van der Waals surface area contributed by atoms with Gasteiger partial charge in [0.25, 0.3) is 0 Å². The topological polar surface area (TPSA) is 44.6 Å². The first-order valence-electron chi connectivity index (χ1n) is 7.80. The van der Waals surface area contributed by atoms with E-state index in [1.54, 1.807) is 0 Å². The molecule has 2 rings (SSSR count). The summed E-state index contributed by atoms with van der Waals surface area (Å²) in [4.78, 5) is 0. The van der Waals surface area contributed by atoms with Crippen molar-refractivity contribution in [3.05, 3.63) is 11.3 Å². The van der Waals surface area contributed by atoms with Gasteiger partial charge in [0.15, 0.2) is 0 Å². The van der Waals surface area contributed by atoms with E-state index in [0.29, 0.717) is 11.8 Å². The number of allylic oxidation sites excluding steroid dienone is 2. The normalized spacial score (nSPS) is 26.8. The van der Waals surface area contributed by atoms with Crippen LogP contribution in [0.5, 0.6) is 0 Å². The molecule has 0 saturated heterocycles. The Bertz CT molecular complexity index is 321. The second-order valence-corrected chi connectivity index (χ2v) is 5.92. The van der Waals surface area contributed by atoms with E-state index < -0.39 is 0 Å². The highest BCUT2D eigenvalue weighted by Gasteiger charge is 2.24. The van der Waals surface area contributed by atoms with Crippen molar-refractivity contribution in [2.45, 2.75) is 72.3 Å². The largest absolute Gasteiger partial charge is 0.393 e. The molecule has 1 aliphatic carbocycles. The van der Waals surface area contributed by atoms with Crippen molar-refractivity contribution in [1.29, 1.82) is 0 Å². The fourth-order valence-corrected chi connectivity index (χ4v) is 2.67. The van der Waals surface area contributed by atoms with Gasteiger partial charge >= 0.3 is 0 Å². The Labute approximate surface area is 118 Å². The van der Waals surface area contributed by atoms with E-state index in [2.05, 4.69) is 38.2 Å². The van der Waals surface area contributed by atoms with Crippen molar-refractivity contribution >= 4 is 6.21 Å². The molecular weight excluding hydrogens is 236 g/mol. The van der Waals surface area contributed by atoms with Crippen LogP contribution in [-0.2, 0) is 0 Å². The molecule has 0 amide bonds. The van der Waals surface area contributed by atoms with Crippen LogP contribution in [0.15, 0.2) is 16.4 Å². The third kappa shape index (κ3) is 4.98. The molecule has 2 atom stereocenters. The molecule has 110 valence electrons. The maximum Gasteiger partial charge on any atom is 0.0543 e. The summed E-state index contributed by atoms with van der Waals surface area (Å²) in [6.07, 6.45) is 8.28. The lowest BCUT2D eigenvalue weighted by molar-refractivity contribution is 0.145. The number of hydrazone groups is 1. The van der Waals surface area contributed by atoms with Crippen molar-refractivity contribution in [2.24, 2.45) is 16.9 Å². The molecule has 2 aliphatic rings. The highest BCUT2D eigenvalue weighted by molar-refractivity contribution is 5.67. The van der Waals surface area contributed by atoms with Gasteiger partial charge in [0, 0.05) is 17.8 Å². The van der Waals surface area contributed by atoms with Crippen molar-refractivity contribution in [3.8, 4) is 0 Å². The Morgan fingerprint density at radius 3 is 2.63 bits per heavy atom. The second kappa shape index (κ2) is 8.36. The van der Waals surface area contributed by atoms with Crippen LogP contribution < -0.4 is 5.43 Å². The van der Waals surface area contributed by atoms with E-state index in [1.165, 1.54) is 17.7 Å². The number of hydrogen-bond acceptors (Lipinski definition) is 3. The number of nitrogens with zero attached hydrogens (tertiary/aromatic N) is 1. The lowest BCUT2D eigenvalue weighted by Gasteiger charge is -2.29. The average molecular weight is 266 g/mol. The van der Waals surface area contributed by atoms with Gasteiger partial charge in [-0.25, -0.2) is 0 Å².